The van der Waals surface area contributed by atoms with E-state index in [1.807, 2.05) is 0 Å². The molecule has 0 aliphatic carbocycles. The van der Waals surface area contributed by atoms with E-state index in [0.717, 1.165) is 0 Å². The molecule has 2 aromatic heterocycles. The van der Waals surface area contributed by atoms with Crippen LogP contribution in [0.15, 0.2) is 35.4 Å². The molecule has 1 atom stereocenters. The van der Waals surface area contributed by atoms with Gasteiger partial charge in [0, 0.05) is 18.9 Å². The number of hydrogen-bond acceptors (Lipinski definition) is 6. The number of fused-ring (bicyclic) bond motifs is 2. The SMILES string of the molecule is O=C(NCc1ccccn1)c1cn2c(c(O)c1=O)C(=O)N1CCOC1C2. The first-order valence-electron chi connectivity index (χ1n) is 8.13. The predicted molar refractivity (Wildman–Crippen MR) is 88.6 cm³/mol. The van der Waals surface area contributed by atoms with Gasteiger partial charge < -0.3 is 24.6 Å². The molecule has 0 saturated carbocycles. The van der Waals surface area contributed by atoms with Crippen LogP contribution in [0.25, 0.3) is 0 Å². The first-order chi connectivity index (χ1) is 12.6. The maximum absolute atomic E-state index is 12.5. The standard InChI is InChI=1S/C17H16N4O5/c22-14-11(16(24)19-7-10-3-1-2-4-18-10)8-20-9-12-21(5-6-26-12)17(25)13(20)15(14)23/h1-4,8,12,23H,5-7,9H2,(H,19,24). The maximum Gasteiger partial charge on any atom is 0.276 e. The number of carbonyl (C=O) groups excluding carboxylic acids is 2. The molecule has 2 aliphatic rings. The Morgan fingerprint density at radius 1 is 1.38 bits per heavy atom. The van der Waals surface area contributed by atoms with Crippen molar-refractivity contribution in [2.75, 3.05) is 13.2 Å². The number of carbonyl (C=O) groups is 2. The Labute approximate surface area is 147 Å². The van der Waals surface area contributed by atoms with E-state index in [9.17, 15) is 19.5 Å². The average Bonchev–Trinajstić information content (AvgIpc) is 3.12. The largest absolute Gasteiger partial charge is 0.503 e. The van der Waals surface area contributed by atoms with Gasteiger partial charge in [-0.05, 0) is 12.1 Å². The molecule has 1 fully saturated rings. The van der Waals surface area contributed by atoms with E-state index in [1.54, 1.807) is 24.4 Å². The van der Waals surface area contributed by atoms with Gasteiger partial charge in [0.15, 0.2) is 17.7 Å². The lowest BCUT2D eigenvalue weighted by Crippen LogP contribution is -2.46. The number of ether oxygens (including phenoxy) is 1. The summed E-state index contributed by atoms with van der Waals surface area (Å²) in [5.74, 6) is -1.84. The highest BCUT2D eigenvalue weighted by atomic mass is 16.5. The highest BCUT2D eigenvalue weighted by Crippen LogP contribution is 2.26. The summed E-state index contributed by atoms with van der Waals surface area (Å²) in [5, 5.41) is 12.8. The second kappa shape index (κ2) is 6.26. The van der Waals surface area contributed by atoms with Gasteiger partial charge in [0.05, 0.1) is 25.4 Å². The van der Waals surface area contributed by atoms with E-state index in [-0.39, 0.29) is 24.3 Å². The van der Waals surface area contributed by atoms with Crippen molar-refractivity contribution in [3.63, 3.8) is 0 Å². The fraction of sp³-hybridized carbons (Fsp3) is 0.294. The molecule has 0 bridgehead atoms. The van der Waals surface area contributed by atoms with Crippen molar-refractivity contribution in [3.8, 4) is 5.75 Å². The molecule has 2 N–H and O–H groups in total. The first-order valence-corrected chi connectivity index (χ1v) is 8.13. The molecule has 0 aromatic carbocycles. The van der Waals surface area contributed by atoms with E-state index in [4.69, 9.17) is 4.74 Å². The molecule has 9 nitrogen and oxygen atoms in total. The molecule has 2 aromatic rings. The Bertz CT molecular complexity index is 940. The number of aromatic hydroxyl groups is 1. The maximum atomic E-state index is 12.5. The van der Waals surface area contributed by atoms with Crippen LogP contribution in [0, 0.1) is 0 Å². The van der Waals surface area contributed by atoms with Gasteiger partial charge in [-0.3, -0.25) is 19.4 Å². The third-order valence-corrected chi connectivity index (χ3v) is 4.46. The van der Waals surface area contributed by atoms with Crippen molar-refractivity contribution in [1.82, 2.24) is 19.8 Å². The zero-order valence-electron chi connectivity index (χ0n) is 13.7. The van der Waals surface area contributed by atoms with Crippen LogP contribution in [0.3, 0.4) is 0 Å². The van der Waals surface area contributed by atoms with Gasteiger partial charge in [-0.15, -0.1) is 0 Å². The second-order valence-electron chi connectivity index (χ2n) is 6.05. The van der Waals surface area contributed by atoms with Crippen molar-refractivity contribution in [2.45, 2.75) is 19.3 Å². The summed E-state index contributed by atoms with van der Waals surface area (Å²) in [6.07, 6.45) is 2.43. The Hall–Kier alpha value is -3.20. The third-order valence-electron chi connectivity index (χ3n) is 4.46. The molecule has 0 spiro atoms. The number of nitrogens with one attached hydrogen (secondary N) is 1. The summed E-state index contributed by atoms with van der Waals surface area (Å²) in [6, 6.07) is 5.28. The highest BCUT2D eigenvalue weighted by molar-refractivity contribution is 5.99. The summed E-state index contributed by atoms with van der Waals surface area (Å²) >= 11 is 0. The molecular formula is C17H16N4O5. The van der Waals surface area contributed by atoms with Gasteiger partial charge in [-0.25, -0.2) is 0 Å². The monoisotopic (exact) mass is 356 g/mol. The third kappa shape index (κ3) is 2.62. The zero-order chi connectivity index (χ0) is 18.3. The Morgan fingerprint density at radius 3 is 3.00 bits per heavy atom. The number of rotatable bonds is 3. The molecule has 4 heterocycles. The topological polar surface area (TPSA) is 114 Å². The quantitative estimate of drug-likeness (QED) is 0.780. The van der Waals surface area contributed by atoms with E-state index in [2.05, 4.69) is 10.3 Å². The summed E-state index contributed by atoms with van der Waals surface area (Å²) in [6.45, 7) is 1.19. The highest BCUT2D eigenvalue weighted by Gasteiger charge is 2.39. The smallest absolute Gasteiger partial charge is 0.276 e. The lowest BCUT2D eigenvalue weighted by Gasteiger charge is -2.31. The molecule has 2 aliphatic heterocycles. The lowest BCUT2D eigenvalue weighted by molar-refractivity contribution is 0.00845. The zero-order valence-corrected chi connectivity index (χ0v) is 13.7. The number of nitrogens with zero attached hydrogens (tertiary/aromatic N) is 3. The van der Waals surface area contributed by atoms with Crippen LogP contribution < -0.4 is 10.7 Å². The fourth-order valence-corrected chi connectivity index (χ4v) is 3.16. The van der Waals surface area contributed by atoms with Crippen LogP contribution in [0.2, 0.25) is 0 Å². The molecule has 9 heteroatoms. The summed E-state index contributed by atoms with van der Waals surface area (Å²) in [7, 11) is 0. The van der Waals surface area contributed by atoms with Gasteiger partial charge in [-0.1, -0.05) is 6.07 Å². The van der Waals surface area contributed by atoms with Crippen molar-refractivity contribution in [3.05, 3.63) is 57.8 Å². The minimum absolute atomic E-state index is 0.113. The molecule has 1 saturated heterocycles. The van der Waals surface area contributed by atoms with Crippen LogP contribution in [0.1, 0.15) is 26.5 Å². The average molecular weight is 356 g/mol. The van der Waals surface area contributed by atoms with Crippen LogP contribution >= 0.6 is 0 Å². The molecular weight excluding hydrogens is 340 g/mol. The van der Waals surface area contributed by atoms with Crippen molar-refractivity contribution >= 4 is 11.8 Å². The first kappa shape index (κ1) is 16.3. The van der Waals surface area contributed by atoms with Crippen LogP contribution in [0.4, 0.5) is 0 Å². The van der Waals surface area contributed by atoms with Gasteiger partial charge in [0.2, 0.25) is 5.43 Å². The molecule has 1 unspecified atom stereocenters. The minimum Gasteiger partial charge on any atom is -0.503 e. The number of amides is 2. The van der Waals surface area contributed by atoms with Gasteiger partial charge in [0.25, 0.3) is 11.8 Å². The number of aromatic nitrogens is 2. The number of hydrogen-bond donors (Lipinski definition) is 2. The Balaban J connectivity index is 1.64. The van der Waals surface area contributed by atoms with Gasteiger partial charge in [0.1, 0.15) is 5.56 Å². The van der Waals surface area contributed by atoms with Crippen molar-refractivity contribution in [2.24, 2.45) is 0 Å². The normalized spacial score (nSPS) is 18.4. The molecule has 26 heavy (non-hydrogen) atoms. The summed E-state index contributed by atoms with van der Waals surface area (Å²) in [4.78, 5) is 42.8. The minimum atomic E-state index is -0.873. The fourth-order valence-electron chi connectivity index (χ4n) is 3.16. The van der Waals surface area contributed by atoms with E-state index < -0.39 is 29.2 Å². The Morgan fingerprint density at radius 2 is 2.23 bits per heavy atom. The van der Waals surface area contributed by atoms with Crippen LogP contribution in [0.5, 0.6) is 5.75 Å². The van der Waals surface area contributed by atoms with Gasteiger partial charge in [-0.2, -0.15) is 0 Å². The van der Waals surface area contributed by atoms with Gasteiger partial charge >= 0.3 is 0 Å². The Kier molecular flexibility index (Phi) is 3.92. The van der Waals surface area contributed by atoms with E-state index in [1.165, 1.54) is 15.7 Å². The lowest BCUT2D eigenvalue weighted by atomic mass is 10.1. The molecule has 134 valence electrons. The predicted octanol–water partition coefficient (Wildman–Crippen LogP) is -0.309. The summed E-state index contributed by atoms with van der Waals surface area (Å²) < 4.78 is 6.88. The van der Waals surface area contributed by atoms with E-state index >= 15 is 0 Å². The molecule has 0 radical (unpaired) electrons. The second-order valence-corrected chi connectivity index (χ2v) is 6.05. The van der Waals surface area contributed by atoms with Crippen molar-refractivity contribution in [1.29, 1.82) is 0 Å². The summed E-state index contributed by atoms with van der Waals surface area (Å²) in [5.41, 5.74) is -0.588. The van der Waals surface area contributed by atoms with Crippen molar-refractivity contribution < 1.29 is 19.4 Å². The van der Waals surface area contributed by atoms with Crippen LogP contribution in [-0.2, 0) is 17.8 Å². The number of pyridine rings is 2. The van der Waals surface area contributed by atoms with E-state index in [0.29, 0.717) is 18.8 Å². The molecule has 2 amide bonds. The molecule has 4 rings (SSSR count). The van der Waals surface area contributed by atoms with Crippen LogP contribution in [-0.4, -0.2) is 50.8 Å².